The van der Waals surface area contributed by atoms with Crippen molar-refractivity contribution < 1.29 is 0 Å². The van der Waals surface area contributed by atoms with Crippen LogP contribution in [0, 0.1) is 0 Å². The minimum absolute atomic E-state index is 0.257. The van der Waals surface area contributed by atoms with E-state index in [9.17, 15) is 0 Å². The molecule has 1 aromatic carbocycles. The predicted octanol–water partition coefficient (Wildman–Crippen LogP) is 2.30. The highest BCUT2D eigenvalue weighted by molar-refractivity contribution is 9.10. The van der Waals surface area contributed by atoms with Gasteiger partial charge in [-0.2, -0.15) is 19.6 Å². The predicted molar refractivity (Wildman–Crippen MR) is 111 cm³/mol. The summed E-state index contributed by atoms with van der Waals surface area (Å²) in [4.78, 5) is 19.5. The van der Waals surface area contributed by atoms with Gasteiger partial charge in [-0.1, -0.05) is 12.1 Å². The van der Waals surface area contributed by atoms with Gasteiger partial charge in [0.1, 0.15) is 5.82 Å². The number of benzene rings is 1. The van der Waals surface area contributed by atoms with Crippen molar-refractivity contribution in [3.63, 3.8) is 0 Å². The number of nitrogens with zero attached hydrogens (tertiary/aromatic N) is 6. The van der Waals surface area contributed by atoms with Crippen molar-refractivity contribution in [3.8, 4) is 0 Å². The van der Waals surface area contributed by atoms with Gasteiger partial charge in [-0.25, -0.2) is 4.98 Å². The fourth-order valence-corrected chi connectivity index (χ4v) is 3.80. The third-order valence-electron chi connectivity index (χ3n) is 4.99. The third kappa shape index (κ3) is 3.18. The molecule has 5 rings (SSSR count). The van der Waals surface area contributed by atoms with Crippen LogP contribution in [-0.2, 0) is 6.54 Å². The standard InChI is InChI=1S/C18H20BrN9/c19-12-9-22-28-16(12)25-18(27-7-5-11(20)6-8-27)26-17(28)21-10-15-23-13-3-1-2-4-14(13)24-15/h1-4,9,11H,5-8,10,20H2,(H,23,24)(H,21,25,26). The van der Waals surface area contributed by atoms with Crippen LogP contribution in [0.5, 0.6) is 0 Å². The summed E-state index contributed by atoms with van der Waals surface area (Å²) < 4.78 is 2.53. The molecule has 1 saturated heterocycles. The Morgan fingerprint density at radius 2 is 2.00 bits per heavy atom. The first kappa shape index (κ1) is 17.4. The van der Waals surface area contributed by atoms with Gasteiger partial charge in [-0.15, -0.1) is 0 Å². The van der Waals surface area contributed by atoms with Crippen molar-refractivity contribution in [2.45, 2.75) is 25.4 Å². The average Bonchev–Trinajstić information content (AvgIpc) is 3.30. The van der Waals surface area contributed by atoms with E-state index in [2.05, 4.69) is 41.2 Å². The number of nitrogens with two attached hydrogens (primary N) is 1. The second-order valence-corrected chi connectivity index (χ2v) is 7.81. The maximum atomic E-state index is 6.04. The Morgan fingerprint density at radius 1 is 1.18 bits per heavy atom. The van der Waals surface area contributed by atoms with E-state index in [1.54, 1.807) is 10.7 Å². The molecule has 0 bridgehead atoms. The van der Waals surface area contributed by atoms with Gasteiger partial charge in [0.25, 0.3) is 0 Å². The lowest BCUT2D eigenvalue weighted by atomic mass is 10.1. The molecule has 4 N–H and O–H groups in total. The van der Waals surface area contributed by atoms with E-state index in [0.717, 1.165) is 52.9 Å². The molecular formula is C18H20BrN9. The highest BCUT2D eigenvalue weighted by Gasteiger charge is 2.21. The number of H-pyrrole nitrogens is 1. The van der Waals surface area contributed by atoms with Crippen LogP contribution in [0.2, 0.25) is 0 Å². The zero-order chi connectivity index (χ0) is 19.1. The number of aromatic nitrogens is 6. The molecule has 3 aromatic heterocycles. The van der Waals surface area contributed by atoms with E-state index >= 15 is 0 Å². The highest BCUT2D eigenvalue weighted by Crippen LogP contribution is 2.23. The molecule has 9 nitrogen and oxygen atoms in total. The fraction of sp³-hybridized carbons (Fsp3) is 0.333. The van der Waals surface area contributed by atoms with Gasteiger partial charge >= 0.3 is 0 Å². The summed E-state index contributed by atoms with van der Waals surface area (Å²) in [5.41, 5.74) is 8.72. The highest BCUT2D eigenvalue weighted by atomic mass is 79.9. The maximum absolute atomic E-state index is 6.04. The molecule has 0 saturated carbocycles. The Morgan fingerprint density at radius 3 is 2.82 bits per heavy atom. The molecule has 0 atom stereocenters. The van der Waals surface area contributed by atoms with E-state index < -0.39 is 0 Å². The van der Waals surface area contributed by atoms with Gasteiger partial charge in [0.2, 0.25) is 11.9 Å². The largest absolute Gasteiger partial charge is 0.347 e. The van der Waals surface area contributed by atoms with E-state index in [1.807, 2.05) is 24.3 Å². The molecule has 1 aliphatic heterocycles. The summed E-state index contributed by atoms with van der Waals surface area (Å²) in [6.07, 6.45) is 3.61. The molecule has 4 aromatic rings. The molecule has 144 valence electrons. The van der Waals surface area contributed by atoms with Crippen LogP contribution in [0.3, 0.4) is 0 Å². The number of fused-ring (bicyclic) bond motifs is 2. The number of hydrogen-bond donors (Lipinski definition) is 3. The fourth-order valence-electron chi connectivity index (χ4n) is 3.45. The van der Waals surface area contributed by atoms with Crippen molar-refractivity contribution in [1.82, 2.24) is 29.5 Å². The zero-order valence-electron chi connectivity index (χ0n) is 15.1. The summed E-state index contributed by atoms with van der Waals surface area (Å²) in [7, 11) is 0. The zero-order valence-corrected chi connectivity index (χ0v) is 16.7. The van der Waals surface area contributed by atoms with Gasteiger partial charge in [-0.05, 0) is 40.9 Å². The number of imidazole rings is 1. The summed E-state index contributed by atoms with van der Waals surface area (Å²) in [6.45, 7) is 2.21. The number of anilines is 2. The maximum Gasteiger partial charge on any atom is 0.230 e. The van der Waals surface area contributed by atoms with Crippen molar-refractivity contribution in [3.05, 3.63) is 40.8 Å². The molecule has 0 aliphatic carbocycles. The van der Waals surface area contributed by atoms with Gasteiger partial charge in [0.05, 0.1) is 28.2 Å². The van der Waals surface area contributed by atoms with Crippen molar-refractivity contribution in [1.29, 1.82) is 0 Å². The second-order valence-electron chi connectivity index (χ2n) is 6.95. The minimum Gasteiger partial charge on any atom is -0.347 e. The molecule has 10 heteroatoms. The van der Waals surface area contributed by atoms with E-state index in [4.69, 9.17) is 15.7 Å². The number of rotatable bonds is 4. The SMILES string of the molecule is NC1CCN(c2nc(NCc3nc4ccccc4[nH]3)n3ncc(Br)c3n2)CC1. The van der Waals surface area contributed by atoms with E-state index in [1.165, 1.54) is 0 Å². The van der Waals surface area contributed by atoms with Crippen molar-refractivity contribution in [2.24, 2.45) is 5.73 Å². The lowest BCUT2D eigenvalue weighted by Crippen LogP contribution is -2.40. The number of para-hydroxylation sites is 2. The second kappa shape index (κ2) is 7.02. The average molecular weight is 442 g/mol. The number of piperidine rings is 1. The smallest absolute Gasteiger partial charge is 0.230 e. The Kier molecular flexibility index (Phi) is 4.36. The molecule has 1 aliphatic rings. The topological polar surface area (TPSA) is 113 Å². The molecule has 0 amide bonds. The lowest BCUT2D eigenvalue weighted by molar-refractivity contribution is 0.495. The van der Waals surface area contributed by atoms with Crippen LogP contribution in [0.1, 0.15) is 18.7 Å². The van der Waals surface area contributed by atoms with E-state index in [0.29, 0.717) is 18.4 Å². The van der Waals surface area contributed by atoms with Gasteiger partial charge < -0.3 is 20.9 Å². The number of aromatic amines is 1. The monoisotopic (exact) mass is 441 g/mol. The molecule has 0 unspecified atom stereocenters. The minimum atomic E-state index is 0.257. The Hall–Kier alpha value is -2.72. The van der Waals surface area contributed by atoms with Crippen LogP contribution in [-0.4, -0.2) is 48.7 Å². The molecule has 0 radical (unpaired) electrons. The van der Waals surface area contributed by atoms with Crippen LogP contribution < -0.4 is 16.0 Å². The van der Waals surface area contributed by atoms with Gasteiger partial charge in [0, 0.05) is 19.1 Å². The van der Waals surface area contributed by atoms with E-state index in [-0.39, 0.29) is 6.04 Å². The Balaban J connectivity index is 1.45. The molecule has 28 heavy (non-hydrogen) atoms. The first-order valence-electron chi connectivity index (χ1n) is 9.27. The van der Waals surface area contributed by atoms with Crippen LogP contribution in [0.15, 0.2) is 34.9 Å². The molecule has 4 heterocycles. The molecule has 0 spiro atoms. The first-order valence-corrected chi connectivity index (χ1v) is 10.1. The number of halogens is 1. The summed E-state index contributed by atoms with van der Waals surface area (Å²) >= 11 is 3.53. The molecular weight excluding hydrogens is 422 g/mol. The summed E-state index contributed by atoms with van der Waals surface area (Å²) in [5, 5.41) is 7.73. The first-order chi connectivity index (χ1) is 13.7. The quantitative estimate of drug-likeness (QED) is 0.445. The van der Waals surface area contributed by atoms with Gasteiger partial charge in [0.15, 0.2) is 5.65 Å². The Labute approximate surface area is 169 Å². The summed E-state index contributed by atoms with van der Waals surface area (Å²) in [5.74, 6) is 2.15. The van der Waals surface area contributed by atoms with Gasteiger partial charge in [-0.3, -0.25) is 0 Å². The van der Waals surface area contributed by atoms with Crippen LogP contribution in [0.4, 0.5) is 11.9 Å². The Bertz CT molecular complexity index is 1090. The van der Waals surface area contributed by atoms with Crippen molar-refractivity contribution in [2.75, 3.05) is 23.3 Å². The van der Waals surface area contributed by atoms with Crippen molar-refractivity contribution >= 4 is 44.5 Å². The summed E-state index contributed by atoms with van der Waals surface area (Å²) in [6, 6.07) is 8.23. The number of hydrogen-bond acceptors (Lipinski definition) is 7. The third-order valence-corrected chi connectivity index (χ3v) is 5.55. The lowest BCUT2D eigenvalue weighted by Gasteiger charge is -2.30. The molecule has 1 fully saturated rings. The van der Waals surface area contributed by atoms with Crippen LogP contribution >= 0.6 is 15.9 Å². The normalized spacial score (nSPS) is 15.6. The number of nitrogens with one attached hydrogen (secondary N) is 2. The van der Waals surface area contributed by atoms with Crippen LogP contribution in [0.25, 0.3) is 16.7 Å².